The molecule has 2 nitrogen and oxygen atoms in total. The average Bonchev–Trinajstić information content (AvgIpc) is 1.62. The smallest absolute Gasteiger partial charge is 0.412 e. The minimum Gasteiger partial charge on any atom is -0.412 e. The Kier molecular flexibility index (Phi) is 4.70. The van der Waals surface area contributed by atoms with Crippen LogP contribution in [0.25, 0.3) is 0 Å². The van der Waals surface area contributed by atoms with Crippen molar-refractivity contribution < 1.29 is 23.4 Å². The summed E-state index contributed by atoms with van der Waals surface area (Å²) in [7, 11) is 0. The van der Waals surface area contributed by atoms with E-state index in [1.807, 2.05) is 0 Å². The molecular formula is C3H4ClF3O2. The third-order valence-electron chi connectivity index (χ3n) is 0.438. The van der Waals surface area contributed by atoms with E-state index in [2.05, 4.69) is 11.6 Å². The molecule has 0 aliphatic rings. The van der Waals surface area contributed by atoms with E-state index in [0.29, 0.717) is 0 Å². The minimum atomic E-state index is -4.76. The van der Waals surface area contributed by atoms with Crippen LogP contribution < -0.4 is 0 Å². The summed E-state index contributed by atoms with van der Waals surface area (Å²) >= 11 is 4.57. The van der Waals surface area contributed by atoms with E-state index in [9.17, 15) is 18.0 Å². The molecule has 0 saturated carbocycles. The third-order valence-corrected chi connectivity index (χ3v) is 0.680. The highest BCUT2D eigenvalue weighted by molar-refractivity contribution is 6.28. The van der Waals surface area contributed by atoms with Gasteiger partial charge in [0.15, 0.2) is 0 Å². The number of Topliss-reactive ketones (excluding diaryl/α,β-unsaturated/α-hetero) is 1. The lowest BCUT2D eigenvalue weighted by molar-refractivity contribution is -0.168. The summed E-state index contributed by atoms with van der Waals surface area (Å²) < 4.78 is 33.0. The van der Waals surface area contributed by atoms with Gasteiger partial charge in [-0.1, -0.05) is 0 Å². The molecule has 0 amide bonds. The second kappa shape index (κ2) is 3.68. The molecule has 0 aliphatic carbocycles. The quantitative estimate of drug-likeness (QED) is 0.522. The van der Waals surface area contributed by atoms with Crippen molar-refractivity contribution in [1.82, 2.24) is 0 Å². The van der Waals surface area contributed by atoms with E-state index in [-0.39, 0.29) is 5.48 Å². The Morgan fingerprint density at radius 3 is 1.78 bits per heavy atom. The molecule has 0 aromatic heterocycles. The molecule has 0 aromatic carbocycles. The summed E-state index contributed by atoms with van der Waals surface area (Å²) in [5.41, 5.74) is 0. The topological polar surface area (TPSA) is 48.6 Å². The zero-order valence-electron chi connectivity index (χ0n) is 4.13. The fourth-order valence-electron chi connectivity index (χ4n) is 0.0758. The van der Waals surface area contributed by atoms with Gasteiger partial charge in [-0.3, -0.25) is 4.79 Å². The maximum absolute atomic E-state index is 11.0. The molecule has 0 aromatic rings. The van der Waals surface area contributed by atoms with Crippen molar-refractivity contribution in [1.29, 1.82) is 0 Å². The monoisotopic (exact) mass is 164 g/mol. The first kappa shape index (κ1) is 11.5. The first-order chi connectivity index (χ1) is 3.48. The zero-order chi connectivity index (χ0) is 6.78. The van der Waals surface area contributed by atoms with Crippen molar-refractivity contribution in [2.45, 2.75) is 6.18 Å². The lowest BCUT2D eigenvalue weighted by Crippen LogP contribution is -2.23. The first-order valence-corrected chi connectivity index (χ1v) is 2.18. The summed E-state index contributed by atoms with van der Waals surface area (Å²) in [6.45, 7) is 0. The van der Waals surface area contributed by atoms with Gasteiger partial charge in [-0.25, -0.2) is 0 Å². The lowest BCUT2D eigenvalue weighted by Gasteiger charge is -1.98. The number of carbonyl (C=O) groups excluding carboxylic acids is 1. The Bertz CT molecular complexity index is 99.7. The number of rotatable bonds is 1. The molecule has 0 radical (unpaired) electrons. The highest BCUT2D eigenvalue weighted by Gasteiger charge is 2.36. The molecule has 56 valence electrons. The Labute approximate surface area is 53.9 Å². The van der Waals surface area contributed by atoms with E-state index >= 15 is 0 Å². The summed E-state index contributed by atoms with van der Waals surface area (Å²) in [4.78, 5) is 9.58. The van der Waals surface area contributed by atoms with Crippen LogP contribution in [0.15, 0.2) is 0 Å². The van der Waals surface area contributed by atoms with Gasteiger partial charge in [0.25, 0.3) is 5.78 Å². The predicted molar refractivity (Wildman–Crippen MR) is 25.4 cm³/mol. The van der Waals surface area contributed by atoms with Crippen LogP contribution in [-0.4, -0.2) is 23.3 Å². The normalized spacial score (nSPS) is 10.2. The van der Waals surface area contributed by atoms with E-state index in [1.54, 1.807) is 0 Å². The van der Waals surface area contributed by atoms with E-state index < -0.39 is 17.8 Å². The summed E-state index contributed by atoms with van der Waals surface area (Å²) in [5, 5.41) is 0. The molecule has 0 rings (SSSR count). The molecule has 0 bridgehead atoms. The predicted octanol–water partition coefficient (Wildman–Crippen LogP) is 0.532. The van der Waals surface area contributed by atoms with Gasteiger partial charge in [0.1, 0.15) is 0 Å². The van der Waals surface area contributed by atoms with Crippen LogP contribution in [0.2, 0.25) is 0 Å². The van der Waals surface area contributed by atoms with Gasteiger partial charge in [-0.2, -0.15) is 13.2 Å². The van der Waals surface area contributed by atoms with Gasteiger partial charge in [-0.15, -0.1) is 11.6 Å². The van der Waals surface area contributed by atoms with Crippen molar-refractivity contribution in [2.75, 3.05) is 5.88 Å². The number of ketones is 1. The van der Waals surface area contributed by atoms with Gasteiger partial charge < -0.3 is 5.48 Å². The molecule has 0 spiro atoms. The average molecular weight is 165 g/mol. The molecule has 2 N–H and O–H groups in total. The van der Waals surface area contributed by atoms with Crippen LogP contribution in [0.4, 0.5) is 13.2 Å². The zero-order valence-corrected chi connectivity index (χ0v) is 4.88. The van der Waals surface area contributed by atoms with Crippen LogP contribution in [0.1, 0.15) is 0 Å². The minimum absolute atomic E-state index is 0. The van der Waals surface area contributed by atoms with Crippen LogP contribution in [-0.2, 0) is 4.79 Å². The molecule has 0 atom stereocenters. The third kappa shape index (κ3) is 4.23. The summed E-state index contributed by atoms with van der Waals surface area (Å²) in [6, 6.07) is 0. The summed E-state index contributed by atoms with van der Waals surface area (Å²) in [5.74, 6) is -2.90. The van der Waals surface area contributed by atoms with Crippen LogP contribution in [0.3, 0.4) is 0 Å². The number of alkyl halides is 4. The first-order valence-electron chi connectivity index (χ1n) is 1.64. The highest BCUT2D eigenvalue weighted by Crippen LogP contribution is 2.15. The Morgan fingerprint density at radius 1 is 1.44 bits per heavy atom. The van der Waals surface area contributed by atoms with Gasteiger partial charge in [0.2, 0.25) is 0 Å². The van der Waals surface area contributed by atoms with Gasteiger partial charge >= 0.3 is 6.18 Å². The van der Waals surface area contributed by atoms with Gasteiger partial charge in [0, 0.05) is 0 Å². The molecular weight excluding hydrogens is 160 g/mol. The SMILES string of the molecule is O.O=C(CCl)C(F)(F)F. The molecule has 0 fully saturated rings. The molecule has 0 aliphatic heterocycles. The highest BCUT2D eigenvalue weighted by atomic mass is 35.5. The maximum atomic E-state index is 11.0. The molecule has 0 saturated heterocycles. The van der Waals surface area contributed by atoms with Gasteiger partial charge in [0.05, 0.1) is 5.88 Å². The lowest BCUT2D eigenvalue weighted by atomic mass is 10.4. The van der Waals surface area contributed by atoms with Crippen molar-refractivity contribution in [3.05, 3.63) is 0 Å². The maximum Gasteiger partial charge on any atom is 0.451 e. The van der Waals surface area contributed by atoms with Crippen molar-refractivity contribution in [3.63, 3.8) is 0 Å². The molecule has 0 heterocycles. The molecule has 6 heteroatoms. The fourth-order valence-corrected chi connectivity index (χ4v) is 0.227. The Balaban J connectivity index is 0. The standard InChI is InChI=1S/C3H2ClF3O.H2O/c4-1-2(8)3(5,6)7;/h1H2;1H2. The number of carbonyl (C=O) groups is 1. The Hall–Kier alpha value is -0.290. The van der Waals surface area contributed by atoms with Crippen LogP contribution >= 0.6 is 11.6 Å². The van der Waals surface area contributed by atoms with Crippen molar-refractivity contribution in [3.8, 4) is 0 Å². The van der Waals surface area contributed by atoms with E-state index in [1.165, 1.54) is 0 Å². The van der Waals surface area contributed by atoms with Crippen molar-refractivity contribution >= 4 is 17.4 Å². The Morgan fingerprint density at radius 2 is 1.78 bits per heavy atom. The van der Waals surface area contributed by atoms with Crippen molar-refractivity contribution in [2.24, 2.45) is 0 Å². The van der Waals surface area contributed by atoms with E-state index in [0.717, 1.165) is 0 Å². The number of hydrogen-bond donors (Lipinski definition) is 0. The van der Waals surface area contributed by atoms with Crippen LogP contribution in [0.5, 0.6) is 0 Å². The number of halogens is 4. The van der Waals surface area contributed by atoms with Crippen LogP contribution in [0, 0.1) is 0 Å². The number of hydrogen-bond acceptors (Lipinski definition) is 1. The largest absolute Gasteiger partial charge is 0.451 e. The molecule has 0 unspecified atom stereocenters. The van der Waals surface area contributed by atoms with Gasteiger partial charge in [-0.05, 0) is 0 Å². The second-order valence-corrected chi connectivity index (χ2v) is 1.32. The fraction of sp³-hybridized carbons (Fsp3) is 0.667. The summed E-state index contributed by atoms with van der Waals surface area (Å²) in [6.07, 6.45) is -4.76. The van der Waals surface area contributed by atoms with E-state index in [4.69, 9.17) is 0 Å². The second-order valence-electron chi connectivity index (χ2n) is 1.05. The molecule has 9 heavy (non-hydrogen) atoms.